The first-order chi connectivity index (χ1) is 13.7. The summed E-state index contributed by atoms with van der Waals surface area (Å²) >= 11 is -0.0219. The molecule has 1 aromatic rings. The number of likely N-dealkylation sites (tertiary alicyclic amines) is 1. The van der Waals surface area contributed by atoms with E-state index in [2.05, 4.69) is 19.6 Å². The molecule has 0 bridgehead atoms. The van der Waals surface area contributed by atoms with Gasteiger partial charge in [0, 0.05) is 0 Å². The Morgan fingerprint density at radius 1 is 1.21 bits per heavy atom. The minimum absolute atomic E-state index is 0.00449. The fraction of sp³-hybridized carbons (Fsp3) is 0.667. The number of rotatable bonds is 8. The van der Waals surface area contributed by atoms with E-state index in [1.54, 1.807) is 4.31 Å². The van der Waals surface area contributed by atoms with Crippen molar-refractivity contribution in [3.05, 3.63) is 30.1 Å². The number of sulfonamides is 1. The van der Waals surface area contributed by atoms with Gasteiger partial charge in [0.25, 0.3) is 0 Å². The van der Waals surface area contributed by atoms with Crippen LogP contribution in [-0.4, -0.2) is 64.5 Å². The van der Waals surface area contributed by atoms with Gasteiger partial charge in [-0.25, -0.2) is 0 Å². The molecule has 161 valence electrons. The van der Waals surface area contributed by atoms with Crippen molar-refractivity contribution < 1.29 is 17.6 Å². The zero-order valence-corrected chi connectivity index (χ0v) is 20.1. The number of amides is 1. The average molecular weight is 485 g/mol. The fourth-order valence-corrected chi connectivity index (χ4v) is 8.18. The average Bonchev–Trinajstić information content (AvgIpc) is 3.51. The summed E-state index contributed by atoms with van der Waals surface area (Å²) in [4.78, 5) is 14.9. The number of hydrogen-bond donors (Lipinski definition) is 0. The van der Waals surface area contributed by atoms with Crippen molar-refractivity contribution in [1.82, 2.24) is 9.21 Å². The van der Waals surface area contributed by atoms with Crippen LogP contribution in [0, 0.1) is 11.7 Å². The van der Waals surface area contributed by atoms with E-state index in [-0.39, 0.29) is 43.3 Å². The van der Waals surface area contributed by atoms with Gasteiger partial charge >= 0.3 is 181 Å². The number of benzene rings is 1. The Hall–Kier alpha value is -0.912. The molecule has 1 radical (unpaired) electrons. The molecule has 1 amide bonds. The molecule has 1 atom stereocenters. The molecule has 1 aliphatic carbocycles. The molecule has 0 aromatic heterocycles. The summed E-state index contributed by atoms with van der Waals surface area (Å²) in [6.45, 7) is 5.49. The molecule has 8 heteroatoms. The Labute approximate surface area is 180 Å². The van der Waals surface area contributed by atoms with E-state index >= 15 is 0 Å². The van der Waals surface area contributed by atoms with Crippen LogP contribution >= 0.6 is 0 Å². The van der Waals surface area contributed by atoms with E-state index in [4.69, 9.17) is 0 Å². The van der Waals surface area contributed by atoms with Crippen molar-refractivity contribution in [2.45, 2.75) is 73.3 Å². The molecule has 29 heavy (non-hydrogen) atoms. The first-order valence-corrected chi connectivity index (χ1v) is 14.8. The summed E-state index contributed by atoms with van der Waals surface area (Å²) in [7, 11) is -3.74. The maximum absolute atomic E-state index is 13.6. The number of carbonyl (C=O) groups is 1. The van der Waals surface area contributed by atoms with Gasteiger partial charge in [-0.15, -0.1) is 0 Å². The number of nitrogens with zero attached hydrogens (tertiary/aromatic N) is 2. The molecule has 1 saturated carbocycles. The van der Waals surface area contributed by atoms with Crippen molar-refractivity contribution in [3.8, 4) is 0 Å². The Morgan fingerprint density at radius 2 is 1.83 bits per heavy atom. The summed E-state index contributed by atoms with van der Waals surface area (Å²) in [5.41, 5.74) is 2.15. The predicted molar refractivity (Wildman–Crippen MR) is 113 cm³/mol. The molecule has 0 N–H and O–H groups in total. The van der Waals surface area contributed by atoms with Crippen LogP contribution in [-0.2, 0) is 14.8 Å². The molecule has 1 aliphatic heterocycles. The number of carbonyl (C=O) groups excluding carboxylic acids is 1. The van der Waals surface area contributed by atoms with Gasteiger partial charge in [-0.2, -0.15) is 0 Å². The van der Waals surface area contributed by atoms with Crippen LogP contribution in [0.5, 0.6) is 0 Å². The van der Waals surface area contributed by atoms with Gasteiger partial charge in [-0.3, -0.25) is 0 Å². The van der Waals surface area contributed by atoms with Crippen molar-refractivity contribution in [2.24, 2.45) is 5.92 Å². The zero-order chi connectivity index (χ0) is 21.2. The molecule has 0 unspecified atom stereocenters. The van der Waals surface area contributed by atoms with Crippen LogP contribution in [0.4, 0.5) is 4.39 Å². The van der Waals surface area contributed by atoms with E-state index in [9.17, 15) is 17.6 Å². The summed E-state index contributed by atoms with van der Waals surface area (Å²) in [6, 6.07) is 5.14. The summed E-state index contributed by atoms with van der Waals surface area (Å²) < 4.78 is 41.9. The molecular weight excluding hydrogens is 454 g/mol. The predicted octanol–water partition coefficient (Wildman–Crippen LogP) is 3.56. The third kappa shape index (κ3) is 5.42. The van der Waals surface area contributed by atoms with E-state index < -0.39 is 15.8 Å². The van der Waals surface area contributed by atoms with Crippen LogP contribution in [0.1, 0.15) is 46.0 Å². The van der Waals surface area contributed by atoms with Crippen LogP contribution < -0.4 is 0 Å². The van der Waals surface area contributed by atoms with Gasteiger partial charge in [-0.05, 0) is 0 Å². The SMILES string of the molecule is C[As][C@@H](CC(C)C)C(=O)N1CCC(N(C2CC2)S(=O)(=O)c2cccc(F)c2)CC1. The topological polar surface area (TPSA) is 57.7 Å². The summed E-state index contributed by atoms with van der Waals surface area (Å²) in [6.07, 6.45) is 3.92. The van der Waals surface area contributed by atoms with Gasteiger partial charge in [0.05, 0.1) is 0 Å². The first-order valence-electron chi connectivity index (χ1n) is 10.4. The normalized spacial score (nSPS) is 20.1. The zero-order valence-electron chi connectivity index (χ0n) is 17.4. The number of piperidine rings is 1. The standard InChI is InChI=1S/C21H31AsFN2O3S/c1-15(2)13-20(22-3)21(26)24-11-9-18(10-12-24)25(17-7-8-17)29(27,28)19-6-4-5-16(23)14-19/h4-6,14-15,17-18,20H,7-13H2,1-3H3/t20-/m0/s1. The summed E-state index contributed by atoms with van der Waals surface area (Å²) in [5, 5.41) is 0. The maximum atomic E-state index is 13.6. The Morgan fingerprint density at radius 3 is 2.34 bits per heavy atom. The quantitative estimate of drug-likeness (QED) is 0.530. The minimum atomic E-state index is -3.74. The monoisotopic (exact) mass is 485 g/mol. The van der Waals surface area contributed by atoms with Gasteiger partial charge in [0.15, 0.2) is 0 Å². The second kappa shape index (κ2) is 9.48. The molecule has 3 rings (SSSR count). The molecule has 2 aliphatic rings. The molecule has 2 fully saturated rings. The van der Waals surface area contributed by atoms with Crippen molar-refractivity contribution in [2.75, 3.05) is 13.1 Å². The Kier molecular flexibility index (Phi) is 7.45. The van der Waals surface area contributed by atoms with Gasteiger partial charge in [-0.1, -0.05) is 0 Å². The van der Waals surface area contributed by atoms with Crippen LogP contribution in [0.3, 0.4) is 0 Å². The molecule has 1 heterocycles. The third-order valence-electron chi connectivity index (χ3n) is 5.71. The van der Waals surface area contributed by atoms with Gasteiger partial charge in [0.1, 0.15) is 0 Å². The van der Waals surface area contributed by atoms with Gasteiger partial charge < -0.3 is 0 Å². The van der Waals surface area contributed by atoms with Crippen molar-refractivity contribution in [3.63, 3.8) is 0 Å². The fourth-order valence-electron chi connectivity index (χ4n) is 4.08. The first kappa shape index (κ1) is 22.8. The van der Waals surface area contributed by atoms with Crippen LogP contribution in [0.15, 0.2) is 29.2 Å². The Bertz CT molecular complexity index is 821. The van der Waals surface area contributed by atoms with E-state index in [1.807, 2.05) is 4.90 Å². The molecule has 1 aromatic carbocycles. The summed E-state index contributed by atoms with van der Waals surface area (Å²) in [5.74, 6) is 0.199. The second-order valence-corrected chi connectivity index (χ2v) is 12.7. The van der Waals surface area contributed by atoms with Crippen molar-refractivity contribution in [1.29, 1.82) is 0 Å². The second-order valence-electron chi connectivity index (χ2n) is 8.48. The van der Waals surface area contributed by atoms with Crippen molar-refractivity contribution >= 4 is 31.7 Å². The number of hydrogen-bond acceptors (Lipinski definition) is 3. The Balaban J connectivity index is 1.70. The van der Waals surface area contributed by atoms with Crippen LogP contribution in [0.25, 0.3) is 0 Å². The van der Waals surface area contributed by atoms with E-state index in [1.165, 1.54) is 18.2 Å². The molecule has 5 nitrogen and oxygen atoms in total. The molecule has 0 spiro atoms. The third-order valence-corrected chi connectivity index (χ3v) is 9.92. The van der Waals surface area contributed by atoms with Gasteiger partial charge in [0.2, 0.25) is 0 Å². The van der Waals surface area contributed by atoms with Crippen LogP contribution in [0.2, 0.25) is 10.4 Å². The molecule has 1 saturated heterocycles. The van der Waals surface area contributed by atoms with E-state index in [0.29, 0.717) is 31.8 Å². The van der Waals surface area contributed by atoms with E-state index in [0.717, 1.165) is 25.3 Å². The number of halogens is 1. The molecular formula is C21H31AsFN2O3S.